The van der Waals surface area contributed by atoms with Gasteiger partial charge in [-0.15, -0.1) is 0 Å². The standard InChI is InChI=1S/C20H23N3O5S2/c1-14-3-7-17(13-19(14)23-29(2,25)26)21-20(24)12-6-15-4-10-18(11-5-15)30(27,28)22-16-8-9-16/h3-7,10-13,16,22-23H,8-9H2,1-2H3,(H,21,24)/b12-6+. The Morgan fingerprint density at radius 2 is 1.70 bits per heavy atom. The van der Waals surface area contributed by atoms with Gasteiger partial charge in [0, 0.05) is 17.8 Å². The zero-order valence-corrected chi connectivity index (χ0v) is 18.2. The molecule has 0 radical (unpaired) electrons. The Bertz CT molecular complexity index is 1180. The van der Waals surface area contributed by atoms with Gasteiger partial charge in [0.15, 0.2) is 0 Å². The first kappa shape index (κ1) is 22.0. The zero-order chi connectivity index (χ0) is 21.9. The average molecular weight is 450 g/mol. The van der Waals surface area contributed by atoms with Crippen molar-refractivity contribution in [2.24, 2.45) is 0 Å². The molecule has 2 aromatic rings. The van der Waals surface area contributed by atoms with Crippen LogP contribution in [0.15, 0.2) is 53.4 Å². The monoisotopic (exact) mass is 449 g/mol. The number of sulfonamides is 2. The number of nitrogens with one attached hydrogen (secondary N) is 3. The Morgan fingerprint density at radius 1 is 1.03 bits per heavy atom. The van der Waals surface area contributed by atoms with Gasteiger partial charge in [0.05, 0.1) is 16.8 Å². The van der Waals surface area contributed by atoms with Gasteiger partial charge in [-0.1, -0.05) is 18.2 Å². The lowest BCUT2D eigenvalue weighted by Crippen LogP contribution is -2.25. The highest BCUT2D eigenvalue weighted by Gasteiger charge is 2.27. The smallest absolute Gasteiger partial charge is 0.248 e. The predicted octanol–water partition coefficient (Wildman–Crippen LogP) is 2.46. The summed E-state index contributed by atoms with van der Waals surface area (Å²) >= 11 is 0. The fourth-order valence-electron chi connectivity index (χ4n) is 2.61. The van der Waals surface area contributed by atoms with Crippen molar-refractivity contribution in [3.05, 3.63) is 59.7 Å². The quantitative estimate of drug-likeness (QED) is 0.535. The molecule has 3 N–H and O–H groups in total. The first-order valence-electron chi connectivity index (χ1n) is 9.22. The van der Waals surface area contributed by atoms with Crippen molar-refractivity contribution in [3.8, 4) is 0 Å². The first-order chi connectivity index (χ1) is 14.0. The number of hydrogen-bond acceptors (Lipinski definition) is 5. The topological polar surface area (TPSA) is 121 Å². The third-order valence-electron chi connectivity index (χ3n) is 4.32. The van der Waals surface area contributed by atoms with E-state index >= 15 is 0 Å². The number of anilines is 2. The molecule has 1 fully saturated rings. The van der Waals surface area contributed by atoms with Gasteiger partial charge in [-0.3, -0.25) is 9.52 Å². The second-order valence-corrected chi connectivity index (χ2v) is 10.7. The van der Waals surface area contributed by atoms with Gasteiger partial charge < -0.3 is 5.32 Å². The molecule has 160 valence electrons. The summed E-state index contributed by atoms with van der Waals surface area (Å²) < 4.78 is 52.2. The molecule has 0 aromatic heterocycles. The summed E-state index contributed by atoms with van der Waals surface area (Å²) in [7, 11) is -6.94. The molecule has 0 spiro atoms. The fraction of sp³-hybridized carbons (Fsp3) is 0.250. The maximum absolute atomic E-state index is 12.2. The highest BCUT2D eigenvalue weighted by Crippen LogP contribution is 2.23. The Hall–Kier alpha value is -2.69. The van der Waals surface area contributed by atoms with Crippen LogP contribution in [0.1, 0.15) is 24.0 Å². The Kier molecular flexibility index (Phi) is 6.30. The van der Waals surface area contributed by atoms with Gasteiger partial charge in [-0.2, -0.15) is 0 Å². The van der Waals surface area contributed by atoms with E-state index in [1.54, 1.807) is 37.3 Å². The second kappa shape index (κ2) is 8.58. The minimum absolute atomic E-state index is 0.0354. The van der Waals surface area contributed by atoms with Crippen LogP contribution in [-0.4, -0.2) is 35.0 Å². The Morgan fingerprint density at radius 3 is 2.30 bits per heavy atom. The van der Waals surface area contributed by atoms with Crippen LogP contribution < -0.4 is 14.8 Å². The summed E-state index contributed by atoms with van der Waals surface area (Å²) in [5, 5.41) is 2.66. The highest BCUT2D eigenvalue weighted by atomic mass is 32.2. The number of benzene rings is 2. The first-order valence-corrected chi connectivity index (χ1v) is 12.6. The molecule has 3 rings (SSSR count). The number of carbonyl (C=O) groups excluding carboxylic acids is 1. The van der Waals surface area contributed by atoms with Gasteiger partial charge >= 0.3 is 0 Å². The van der Waals surface area contributed by atoms with Crippen LogP contribution in [0.5, 0.6) is 0 Å². The minimum Gasteiger partial charge on any atom is -0.322 e. The summed E-state index contributed by atoms with van der Waals surface area (Å²) in [6.07, 6.45) is 5.66. The van der Waals surface area contributed by atoms with Gasteiger partial charge in [-0.05, 0) is 61.2 Å². The Balaban J connectivity index is 1.64. The van der Waals surface area contributed by atoms with Crippen molar-refractivity contribution in [2.45, 2.75) is 30.7 Å². The maximum Gasteiger partial charge on any atom is 0.248 e. The normalized spacial score (nSPS) is 14.6. The van der Waals surface area contributed by atoms with Crippen LogP contribution in [0.3, 0.4) is 0 Å². The molecule has 0 bridgehead atoms. The van der Waals surface area contributed by atoms with Crippen molar-refractivity contribution in [3.63, 3.8) is 0 Å². The molecule has 8 nitrogen and oxygen atoms in total. The highest BCUT2D eigenvalue weighted by molar-refractivity contribution is 7.92. The van der Waals surface area contributed by atoms with Crippen molar-refractivity contribution in [2.75, 3.05) is 16.3 Å². The molecular formula is C20H23N3O5S2. The largest absolute Gasteiger partial charge is 0.322 e. The molecule has 0 aliphatic heterocycles. The molecule has 0 heterocycles. The fourth-order valence-corrected chi connectivity index (χ4v) is 4.54. The molecule has 1 aliphatic rings. The molecule has 0 unspecified atom stereocenters. The van der Waals surface area contributed by atoms with E-state index in [0.717, 1.165) is 24.7 Å². The predicted molar refractivity (Wildman–Crippen MR) is 117 cm³/mol. The Labute approximate surface area is 176 Å². The van der Waals surface area contributed by atoms with Gasteiger partial charge in [0.2, 0.25) is 26.0 Å². The molecular weight excluding hydrogens is 426 g/mol. The van der Waals surface area contributed by atoms with E-state index < -0.39 is 26.0 Å². The van der Waals surface area contributed by atoms with Crippen LogP contribution in [-0.2, 0) is 24.8 Å². The van der Waals surface area contributed by atoms with E-state index in [9.17, 15) is 21.6 Å². The molecule has 2 aromatic carbocycles. The summed E-state index contributed by atoms with van der Waals surface area (Å²) in [6, 6.07) is 11.2. The van der Waals surface area contributed by atoms with Crippen LogP contribution in [0.2, 0.25) is 0 Å². The van der Waals surface area contributed by atoms with E-state index in [1.807, 2.05) is 0 Å². The summed E-state index contributed by atoms with van der Waals surface area (Å²) in [5.74, 6) is -0.406. The number of amides is 1. The van der Waals surface area contributed by atoms with Crippen molar-refractivity contribution < 1.29 is 21.6 Å². The third-order valence-corrected chi connectivity index (χ3v) is 6.44. The number of rotatable bonds is 8. The summed E-state index contributed by atoms with van der Waals surface area (Å²) in [6.45, 7) is 1.75. The molecule has 10 heteroatoms. The molecule has 0 atom stereocenters. The number of aryl methyl sites for hydroxylation is 1. The van der Waals surface area contributed by atoms with E-state index in [0.29, 0.717) is 16.9 Å². The summed E-state index contributed by atoms with van der Waals surface area (Å²) in [5.41, 5.74) is 2.21. The minimum atomic E-state index is -3.51. The van der Waals surface area contributed by atoms with Crippen LogP contribution in [0, 0.1) is 6.92 Å². The van der Waals surface area contributed by atoms with Gasteiger partial charge in [0.25, 0.3) is 0 Å². The number of hydrogen-bond donors (Lipinski definition) is 3. The average Bonchev–Trinajstić information content (AvgIpc) is 3.45. The molecule has 1 amide bonds. The SMILES string of the molecule is Cc1ccc(NC(=O)/C=C/c2ccc(S(=O)(=O)NC3CC3)cc2)cc1NS(C)(=O)=O. The lowest BCUT2D eigenvalue weighted by molar-refractivity contribution is -0.111. The molecule has 1 aliphatic carbocycles. The zero-order valence-electron chi connectivity index (χ0n) is 16.5. The van der Waals surface area contributed by atoms with Crippen molar-refractivity contribution in [1.29, 1.82) is 0 Å². The van der Waals surface area contributed by atoms with Gasteiger partial charge in [0.1, 0.15) is 0 Å². The molecule has 1 saturated carbocycles. The third kappa shape index (κ3) is 6.41. The lowest BCUT2D eigenvalue weighted by Gasteiger charge is -2.10. The van der Waals surface area contributed by atoms with E-state index in [4.69, 9.17) is 0 Å². The van der Waals surface area contributed by atoms with E-state index in [1.165, 1.54) is 24.3 Å². The van der Waals surface area contributed by atoms with Crippen LogP contribution in [0.25, 0.3) is 6.08 Å². The maximum atomic E-state index is 12.2. The van der Waals surface area contributed by atoms with Gasteiger partial charge in [-0.25, -0.2) is 21.6 Å². The summed E-state index contributed by atoms with van der Waals surface area (Å²) in [4.78, 5) is 12.4. The van der Waals surface area contributed by atoms with E-state index in [2.05, 4.69) is 14.8 Å². The van der Waals surface area contributed by atoms with Crippen molar-refractivity contribution >= 4 is 43.4 Å². The van der Waals surface area contributed by atoms with Crippen LogP contribution >= 0.6 is 0 Å². The molecule has 0 saturated heterocycles. The number of carbonyl (C=O) groups is 1. The lowest BCUT2D eigenvalue weighted by atomic mass is 10.2. The van der Waals surface area contributed by atoms with Crippen LogP contribution in [0.4, 0.5) is 11.4 Å². The van der Waals surface area contributed by atoms with Crippen molar-refractivity contribution in [1.82, 2.24) is 4.72 Å². The van der Waals surface area contributed by atoms with E-state index in [-0.39, 0.29) is 10.9 Å². The second-order valence-electron chi connectivity index (χ2n) is 7.19. The molecule has 30 heavy (non-hydrogen) atoms.